The van der Waals surface area contributed by atoms with Gasteiger partial charge in [-0.3, -0.25) is 0 Å². The lowest BCUT2D eigenvalue weighted by atomic mass is 10.2. The highest BCUT2D eigenvalue weighted by Gasteiger charge is 2.14. The SMILES string of the molecule is Cc1nn(-c2ccccc2)c2nc(Cl)c(CNc3ccccc3)cc12. The van der Waals surface area contributed by atoms with Crippen LogP contribution in [0.2, 0.25) is 5.15 Å². The zero-order chi connectivity index (χ0) is 17.2. The Morgan fingerprint density at radius 1 is 1.00 bits per heavy atom. The van der Waals surface area contributed by atoms with E-state index in [2.05, 4.69) is 21.5 Å². The molecule has 0 atom stereocenters. The van der Waals surface area contributed by atoms with Gasteiger partial charge in [0.25, 0.3) is 0 Å². The van der Waals surface area contributed by atoms with Crippen LogP contribution in [0.25, 0.3) is 16.7 Å². The number of rotatable bonds is 4. The van der Waals surface area contributed by atoms with Crippen LogP contribution in [-0.4, -0.2) is 14.8 Å². The van der Waals surface area contributed by atoms with Crippen molar-refractivity contribution in [2.45, 2.75) is 13.5 Å². The molecule has 4 rings (SSSR count). The molecule has 0 saturated heterocycles. The topological polar surface area (TPSA) is 42.7 Å². The first-order valence-corrected chi connectivity index (χ1v) is 8.49. The number of nitrogens with one attached hydrogen (secondary N) is 1. The normalized spacial score (nSPS) is 11.0. The molecule has 124 valence electrons. The molecule has 25 heavy (non-hydrogen) atoms. The van der Waals surface area contributed by atoms with Crippen molar-refractivity contribution in [2.75, 3.05) is 5.32 Å². The van der Waals surface area contributed by atoms with Gasteiger partial charge in [-0.2, -0.15) is 5.10 Å². The fraction of sp³-hybridized carbons (Fsp3) is 0.100. The lowest BCUT2D eigenvalue weighted by Gasteiger charge is -2.09. The molecule has 1 N–H and O–H groups in total. The van der Waals surface area contributed by atoms with Gasteiger partial charge in [-0.25, -0.2) is 9.67 Å². The molecule has 2 aromatic heterocycles. The number of aromatic nitrogens is 3. The molecule has 2 aromatic carbocycles. The van der Waals surface area contributed by atoms with Crippen LogP contribution in [0, 0.1) is 6.92 Å². The van der Waals surface area contributed by atoms with Crippen molar-refractivity contribution in [3.8, 4) is 5.69 Å². The second kappa shape index (κ2) is 6.57. The summed E-state index contributed by atoms with van der Waals surface area (Å²) >= 11 is 6.45. The number of pyridine rings is 1. The maximum absolute atomic E-state index is 6.45. The summed E-state index contributed by atoms with van der Waals surface area (Å²) in [5, 5.41) is 9.51. The Kier molecular flexibility index (Phi) is 4.12. The zero-order valence-corrected chi connectivity index (χ0v) is 14.5. The molecule has 4 aromatic rings. The number of aryl methyl sites for hydroxylation is 1. The number of halogens is 1. The molecule has 5 heteroatoms. The summed E-state index contributed by atoms with van der Waals surface area (Å²) in [4.78, 5) is 4.61. The van der Waals surface area contributed by atoms with Crippen molar-refractivity contribution in [1.29, 1.82) is 0 Å². The number of benzene rings is 2. The van der Waals surface area contributed by atoms with E-state index in [0.29, 0.717) is 11.7 Å². The summed E-state index contributed by atoms with van der Waals surface area (Å²) in [5.74, 6) is 0. The fourth-order valence-corrected chi connectivity index (χ4v) is 3.03. The summed E-state index contributed by atoms with van der Waals surface area (Å²) < 4.78 is 1.84. The van der Waals surface area contributed by atoms with E-state index in [1.54, 1.807) is 0 Å². The fourth-order valence-electron chi connectivity index (χ4n) is 2.83. The van der Waals surface area contributed by atoms with Gasteiger partial charge in [0.15, 0.2) is 5.65 Å². The van der Waals surface area contributed by atoms with E-state index in [1.165, 1.54) is 0 Å². The van der Waals surface area contributed by atoms with Crippen molar-refractivity contribution in [3.63, 3.8) is 0 Å². The highest BCUT2D eigenvalue weighted by atomic mass is 35.5. The molecule has 0 spiro atoms. The summed E-state index contributed by atoms with van der Waals surface area (Å²) in [6, 6.07) is 22.1. The van der Waals surface area contributed by atoms with Crippen molar-refractivity contribution in [2.24, 2.45) is 0 Å². The first-order chi connectivity index (χ1) is 12.2. The smallest absolute Gasteiger partial charge is 0.164 e. The second-order valence-corrected chi connectivity index (χ2v) is 6.22. The van der Waals surface area contributed by atoms with Crippen LogP contribution < -0.4 is 5.32 Å². The van der Waals surface area contributed by atoms with Crippen molar-refractivity contribution in [3.05, 3.63) is 83.1 Å². The lowest BCUT2D eigenvalue weighted by Crippen LogP contribution is -2.02. The van der Waals surface area contributed by atoms with Gasteiger partial charge in [0.1, 0.15) is 5.15 Å². The Morgan fingerprint density at radius 2 is 1.68 bits per heavy atom. The number of hydrogen-bond acceptors (Lipinski definition) is 3. The Bertz CT molecular complexity index is 1010. The van der Waals surface area contributed by atoms with Gasteiger partial charge in [-0.05, 0) is 37.3 Å². The van der Waals surface area contributed by atoms with E-state index in [0.717, 1.165) is 33.7 Å². The maximum Gasteiger partial charge on any atom is 0.164 e. The van der Waals surface area contributed by atoms with Crippen LogP contribution in [0.3, 0.4) is 0 Å². The first-order valence-electron chi connectivity index (χ1n) is 8.11. The number of fused-ring (bicyclic) bond motifs is 1. The Morgan fingerprint density at radius 3 is 2.40 bits per heavy atom. The molecule has 0 aliphatic carbocycles. The summed E-state index contributed by atoms with van der Waals surface area (Å²) in [6.07, 6.45) is 0. The van der Waals surface area contributed by atoms with Crippen LogP contribution in [-0.2, 0) is 6.54 Å². The third-order valence-corrected chi connectivity index (χ3v) is 4.45. The number of anilines is 1. The molecule has 0 amide bonds. The molecular weight excluding hydrogens is 332 g/mol. The standard InChI is InChI=1S/C20H17ClN4/c1-14-18-12-15(13-22-16-8-4-2-5-9-16)19(21)23-20(18)25(24-14)17-10-6-3-7-11-17/h2-12,22H,13H2,1H3. The summed E-state index contributed by atoms with van der Waals surface area (Å²) in [5.41, 5.74) is 4.68. The number of para-hydroxylation sites is 2. The minimum Gasteiger partial charge on any atom is -0.381 e. The van der Waals surface area contributed by atoms with Crippen LogP contribution >= 0.6 is 11.6 Å². The Balaban J connectivity index is 1.72. The number of hydrogen-bond donors (Lipinski definition) is 1. The van der Waals surface area contributed by atoms with Crippen molar-refractivity contribution in [1.82, 2.24) is 14.8 Å². The van der Waals surface area contributed by atoms with E-state index < -0.39 is 0 Å². The van der Waals surface area contributed by atoms with Gasteiger partial charge in [0.05, 0.1) is 11.4 Å². The lowest BCUT2D eigenvalue weighted by molar-refractivity contribution is 0.877. The first kappa shape index (κ1) is 15.7. The van der Waals surface area contributed by atoms with E-state index in [9.17, 15) is 0 Å². The average molecular weight is 349 g/mol. The molecule has 0 aliphatic rings. The molecule has 0 aliphatic heterocycles. The predicted molar refractivity (Wildman–Crippen MR) is 102 cm³/mol. The van der Waals surface area contributed by atoms with Crippen molar-refractivity contribution < 1.29 is 0 Å². The van der Waals surface area contributed by atoms with E-state index in [1.807, 2.05) is 72.3 Å². The largest absolute Gasteiger partial charge is 0.381 e. The van der Waals surface area contributed by atoms with Gasteiger partial charge in [-0.15, -0.1) is 0 Å². The molecule has 0 saturated carbocycles. The van der Waals surface area contributed by atoms with Crippen LogP contribution in [0.1, 0.15) is 11.3 Å². The highest BCUT2D eigenvalue weighted by Crippen LogP contribution is 2.26. The van der Waals surface area contributed by atoms with Crippen LogP contribution in [0.5, 0.6) is 0 Å². The third kappa shape index (κ3) is 3.08. The second-order valence-electron chi connectivity index (χ2n) is 5.86. The molecule has 0 fully saturated rings. The quantitative estimate of drug-likeness (QED) is 0.528. The third-order valence-electron chi connectivity index (χ3n) is 4.13. The summed E-state index contributed by atoms with van der Waals surface area (Å²) in [6.45, 7) is 2.60. The van der Waals surface area contributed by atoms with Gasteiger partial charge in [-0.1, -0.05) is 48.0 Å². The Labute approximate surface area is 151 Å². The molecule has 0 unspecified atom stereocenters. The highest BCUT2D eigenvalue weighted by molar-refractivity contribution is 6.30. The van der Waals surface area contributed by atoms with Gasteiger partial charge in [0, 0.05) is 23.2 Å². The molecule has 4 nitrogen and oxygen atoms in total. The minimum atomic E-state index is 0.494. The zero-order valence-electron chi connectivity index (χ0n) is 13.8. The summed E-state index contributed by atoms with van der Waals surface area (Å²) in [7, 11) is 0. The minimum absolute atomic E-state index is 0.494. The van der Waals surface area contributed by atoms with E-state index >= 15 is 0 Å². The van der Waals surface area contributed by atoms with Crippen LogP contribution in [0.4, 0.5) is 5.69 Å². The number of nitrogens with zero attached hydrogens (tertiary/aromatic N) is 3. The van der Waals surface area contributed by atoms with E-state index in [4.69, 9.17) is 11.6 Å². The Hall–Kier alpha value is -2.85. The van der Waals surface area contributed by atoms with E-state index in [-0.39, 0.29) is 0 Å². The van der Waals surface area contributed by atoms with Crippen LogP contribution in [0.15, 0.2) is 66.7 Å². The van der Waals surface area contributed by atoms with Gasteiger partial charge in [0.2, 0.25) is 0 Å². The monoisotopic (exact) mass is 348 g/mol. The van der Waals surface area contributed by atoms with Gasteiger partial charge < -0.3 is 5.32 Å². The van der Waals surface area contributed by atoms with Crippen molar-refractivity contribution >= 4 is 28.3 Å². The predicted octanol–water partition coefficient (Wildman–Crippen LogP) is 4.99. The molecular formula is C20H17ClN4. The maximum atomic E-state index is 6.45. The van der Waals surface area contributed by atoms with Gasteiger partial charge >= 0.3 is 0 Å². The molecule has 0 bridgehead atoms. The average Bonchev–Trinajstić information content (AvgIpc) is 2.97. The molecule has 0 radical (unpaired) electrons. The molecule has 2 heterocycles.